The first kappa shape index (κ1) is 15.4. The van der Waals surface area contributed by atoms with Crippen LogP contribution in [-0.2, 0) is 4.79 Å². The van der Waals surface area contributed by atoms with Crippen LogP contribution < -0.4 is 10.3 Å². The molecule has 0 bridgehead atoms. The van der Waals surface area contributed by atoms with Gasteiger partial charge >= 0.3 is 0 Å². The molecule has 0 spiro atoms. The Kier molecular flexibility index (Phi) is 4.52. The Morgan fingerprint density at radius 3 is 2.65 bits per heavy atom. The molecule has 1 N–H and O–H groups in total. The zero-order chi connectivity index (χ0) is 16.2. The van der Waals surface area contributed by atoms with Gasteiger partial charge in [-0.25, -0.2) is 5.43 Å². The number of rotatable bonds is 4. The predicted molar refractivity (Wildman–Crippen MR) is 92.0 cm³/mol. The Morgan fingerprint density at radius 2 is 2.04 bits per heavy atom. The van der Waals surface area contributed by atoms with Crippen LogP contribution in [-0.4, -0.2) is 24.1 Å². The van der Waals surface area contributed by atoms with Gasteiger partial charge < -0.3 is 4.90 Å². The number of nitrogens with zero attached hydrogens (tertiary/aromatic N) is 2. The molecule has 1 fully saturated rings. The number of carbonyl (C=O) groups is 2. The van der Waals surface area contributed by atoms with Gasteiger partial charge in [-0.3, -0.25) is 9.59 Å². The lowest BCUT2D eigenvalue weighted by Gasteiger charge is -2.15. The van der Waals surface area contributed by atoms with Crippen LogP contribution in [0.15, 0.2) is 46.9 Å². The third-order valence-corrected chi connectivity index (χ3v) is 4.70. The van der Waals surface area contributed by atoms with Crippen molar-refractivity contribution in [2.24, 2.45) is 5.10 Å². The van der Waals surface area contributed by atoms with Crippen molar-refractivity contribution in [3.05, 3.63) is 52.2 Å². The van der Waals surface area contributed by atoms with Crippen LogP contribution in [0.1, 0.15) is 35.0 Å². The molecule has 1 aliphatic rings. The molecular weight excluding hydrogens is 310 g/mol. The molecular formula is C17H17N3O2S. The van der Waals surface area contributed by atoms with E-state index >= 15 is 0 Å². The van der Waals surface area contributed by atoms with Gasteiger partial charge in [0.15, 0.2) is 0 Å². The maximum Gasteiger partial charge on any atom is 0.271 e. The predicted octanol–water partition coefficient (Wildman–Crippen LogP) is 3.03. The second kappa shape index (κ2) is 6.75. The van der Waals surface area contributed by atoms with Crippen molar-refractivity contribution < 1.29 is 9.59 Å². The molecule has 1 aromatic heterocycles. The molecule has 1 aliphatic heterocycles. The molecule has 1 saturated heterocycles. The number of hydrogen-bond donors (Lipinski definition) is 1. The van der Waals surface area contributed by atoms with Gasteiger partial charge in [0, 0.05) is 29.1 Å². The van der Waals surface area contributed by atoms with E-state index < -0.39 is 0 Å². The Balaban J connectivity index is 1.66. The fourth-order valence-corrected chi connectivity index (χ4v) is 3.13. The number of benzene rings is 1. The third kappa shape index (κ3) is 3.48. The summed E-state index contributed by atoms with van der Waals surface area (Å²) in [6.07, 6.45) is 1.48. The summed E-state index contributed by atoms with van der Waals surface area (Å²) in [5.41, 5.74) is 4.68. The second-order valence-corrected chi connectivity index (χ2v) is 6.26. The van der Waals surface area contributed by atoms with Crippen molar-refractivity contribution in [2.45, 2.75) is 19.8 Å². The molecule has 2 aromatic rings. The Labute approximate surface area is 138 Å². The molecule has 2 heterocycles. The van der Waals surface area contributed by atoms with E-state index in [4.69, 9.17) is 0 Å². The van der Waals surface area contributed by atoms with Crippen LogP contribution in [0.5, 0.6) is 0 Å². The molecule has 0 unspecified atom stereocenters. The standard InChI is InChI=1S/C17H17N3O2S/c1-12(15-4-3-11-23-15)18-19-17(22)13-6-8-14(9-7-13)20-10-2-5-16(20)21/h3-4,6-9,11H,2,5,10H2,1H3,(H,19,22)/b18-12+. The normalized spacial score (nSPS) is 15.1. The molecule has 0 saturated carbocycles. The van der Waals surface area contributed by atoms with E-state index in [9.17, 15) is 9.59 Å². The van der Waals surface area contributed by atoms with Gasteiger partial charge in [0.05, 0.1) is 5.71 Å². The maximum atomic E-state index is 12.1. The second-order valence-electron chi connectivity index (χ2n) is 5.31. The average molecular weight is 327 g/mol. The molecule has 1 aromatic carbocycles. The summed E-state index contributed by atoms with van der Waals surface area (Å²) < 4.78 is 0. The first-order valence-electron chi connectivity index (χ1n) is 7.44. The van der Waals surface area contributed by atoms with Crippen molar-refractivity contribution in [1.29, 1.82) is 0 Å². The summed E-state index contributed by atoms with van der Waals surface area (Å²) in [7, 11) is 0. The molecule has 23 heavy (non-hydrogen) atoms. The smallest absolute Gasteiger partial charge is 0.271 e. The van der Waals surface area contributed by atoms with Crippen LogP contribution in [0.3, 0.4) is 0 Å². The highest BCUT2D eigenvalue weighted by molar-refractivity contribution is 7.12. The van der Waals surface area contributed by atoms with E-state index in [2.05, 4.69) is 10.5 Å². The highest BCUT2D eigenvalue weighted by Crippen LogP contribution is 2.21. The molecule has 3 rings (SSSR count). The summed E-state index contributed by atoms with van der Waals surface area (Å²) in [5, 5.41) is 6.08. The molecule has 118 valence electrons. The summed E-state index contributed by atoms with van der Waals surface area (Å²) in [5.74, 6) is -0.126. The lowest BCUT2D eigenvalue weighted by atomic mass is 10.2. The molecule has 0 atom stereocenters. The molecule has 6 heteroatoms. The van der Waals surface area contributed by atoms with Gasteiger partial charge in [-0.1, -0.05) is 6.07 Å². The van der Waals surface area contributed by atoms with Crippen LogP contribution in [0, 0.1) is 0 Å². The first-order valence-corrected chi connectivity index (χ1v) is 8.32. The minimum Gasteiger partial charge on any atom is -0.312 e. The number of nitrogens with one attached hydrogen (secondary N) is 1. The number of anilines is 1. The minimum absolute atomic E-state index is 0.137. The van der Waals surface area contributed by atoms with Gasteiger partial charge in [0.2, 0.25) is 5.91 Å². The third-order valence-electron chi connectivity index (χ3n) is 3.72. The number of carbonyl (C=O) groups excluding carboxylic acids is 2. The van der Waals surface area contributed by atoms with Gasteiger partial charge in [-0.15, -0.1) is 11.3 Å². The topological polar surface area (TPSA) is 61.8 Å². The van der Waals surface area contributed by atoms with E-state index in [1.807, 2.05) is 24.4 Å². The van der Waals surface area contributed by atoms with E-state index in [-0.39, 0.29) is 11.8 Å². The number of hydrogen-bond acceptors (Lipinski definition) is 4. The Hall–Kier alpha value is -2.47. The van der Waals surface area contributed by atoms with Crippen molar-refractivity contribution in [2.75, 3.05) is 11.4 Å². The highest BCUT2D eigenvalue weighted by atomic mass is 32.1. The number of hydrazone groups is 1. The summed E-state index contributed by atoms with van der Waals surface area (Å²) in [4.78, 5) is 26.6. The SMILES string of the molecule is C/C(=N\NC(=O)c1ccc(N2CCCC2=O)cc1)c1cccs1. The lowest BCUT2D eigenvalue weighted by molar-refractivity contribution is -0.117. The zero-order valence-electron chi connectivity index (χ0n) is 12.8. The zero-order valence-corrected chi connectivity index (χ0v) is 13.6. The summed E-state index contributed by atoms with van der Waals surface area (Å²) in [6.45, 7) is 2.60. The fraction of sp³-hybridized carbons (Fsp3) is 0.235. The van der Waals surface area contributed by atoms with E-state index in [0.29, 0.717) is 12.0 Å². The quantitative estimate of drug-likeness (QED) is 0.693. The van der Waals surface area contributed by atoms with E-state index in [1.165, 1.54) is 0 Å². The largest absolute Gasteiger partial charge is 0.312 e. The minimum atomic E-state index is -0.264. The Bertz CT molecular complexity index is 736. The van der Waals surface area contributed by atoms with Gasteiger partial charge in [0.25, 0.3) is 5.91 Å². The maximum absolute atomic E-state index is 12.1. The van der Waals surface area contributed by atoms with Gasteiger partial charge in [-0.05, 0) is 49.1 Å². The number of thiophene rings is 1. The molecule has 0 radical (unpaired) electrons. The number of amides is 2. The van der Waals surface area contributed by atoms with Crippen molar-refractivity contribution >= 4 is 34.6 Å². The van der Waals surface area contributed by atoms with Gasteiger partial charge in [-0.2, -0.15) is 5.10 Å². The Morgan fingerprint density at radius 1 is 1.26 bits per heavy atom. The first-order chi connectivity index (χ1) is 11.1. The van der Waals surface area contributed by atoms with E-state index in [0.717, 1.165) is 29.2 Å². The fourth-order valence-electron chi connectivity index (χ4n) is 2.45. The highest BCUT2D eigenvalue weighted by Gasteiger charge is 2.21. The monoisotopic (exact) mass is 327 g/mol. The van der Waals surface area contributed by atoms with Crippen molar-refractivity contribution in [3.8, 4) is 0 Å². The van der Waals surface area contributed by atoms with Crippen molar-refractivity contribution in [1.82, 2.24) is 5.43 Å². The summed E-state index contributed by atoms with van der Waals surface area (Å²) >= 11 is 1.58. The molecule has 5 nitrogen and oxygen atoms in total. The average Bonchev–Trinajstić information content (AvgIpc) is 3.24. The van der Waals surface area contributed by atoms with Crippen LogP contribution >= 0.6 is 11.3 Å². The summed E-state index contributed by atoms with van der Waals surface area (Å²) in [6, 6.07) is 10.9. The lowest BCUT2D eigenvalue weighted by Crippen LogP contribution is -2.24. The molecule has 2 amide bonds. The van der Waals surface area contributed by atoms with Crippen molar-refractivity contribution in [3.63, 3.8) is 0 Å². The van der Waals surface area contributed by atoms with Gasteiger partial charge in [0.1, 0.15) is 0 Å². The van der Waals surface area contributed by atoms with Crippen LogP contribution in [0.25, 0.3) is 0 Å². The van der Waals surface area contributed by atoms with Crippen LogP contribution in [0.2, 0.25) is 0 Å². The molecule has 0 aliphatic carbocycles. The van der Waals surface area contributed by atoms with Crippen LogP contribution in [0.4, 0.5) is 5.69 Å². The van der Waals surface area contributed by atoms with E-state index in [1.54, 1.807) is 40.5 Å².